The van der Waals surface area contributed by atoms with Crippen molar-refractivity contribution in [3.05, 3.63) is 78.3 Å². The van der Waals surface area contributed by atoms with Crippen LogP contribution in [0, 0.1) is 5.92 Å². The number of ether oxygens (including phenoxy) is 1. The predicted molar refractivity (Wildman–Crippen MR) is 162 cm³/mol. The molecule has 0 saturated carbocycles. The minimum Gasteiger partial charge on any atom is -0.493 e. The van der Waals surface area contributed by atoms with Gasteiger partial charge in [-0.05, 0) is 55.6 Å². The van der Waals surface area contributed by atoms with Crippen LogP contribution < -0.4 is 9.64 Å². The van der Waals surface area contributed by atoms with E-state index >= 15 is 0 Å². The van der Waals surface area contributed by atoms with Crippen LogP contribution in [0.3, 0.4) is 0 Å². The Morgan fingerprint density at radius 2 is 1.73 bits per heavy atom. The van der Waals surface area contributed by atoms with Crippen LogP contribution in [0.5, 0.6) is 5.75 Å². The van der Waals surface area contributed by atoms with Gasteiger partial charge in [0.25, 0.3) is 5.91 Å². The molecule has 9 heteroatoms. The molecular weight excluding hydrogens is 546 g/mol. The van der Waals surface area contributed by atoms with E-state index in [1.54, 1.807) is 28.8 Å². The number of fused-ring (bicyclic) bond motifs is 1. The second kappa shape index (κ2) is 13.1. The van der Waals surface area contributed by atoms with Gasteiger partial charge in [0.15, 0.2) is 5.76 Å². The first kappa shape index (κ1) is 30.0. The lowest BCUT2D eigenvalue weighted by molar-refractivity contribution is -0.122. The maximum absolute atomic E-state index is 13.9. The maximum Gasteiger partial charge on any atom is 0.289 e. The van der Waals surface area contributed by atoms with E-state index in [2.05, 4.69) is 24.8 Å². The molecule has 7 nitrogen and oxygen atoms in total. The number of benzene rings is 2. The average molecular weight is 584 g/mol. The van der Waals surface area contributed by atoms with Crippen molar-refractivity contribution in [3.63, 3.8) is 0 Å². The summed E-state index contributed by atoms with van der Waals surface area (Å²) in [6.07, 6.45) is 3.46. The third-order valence-corrected chi connectivity index (χ3v) is 9.49. The largest absolute Gasteiger partial charge is 0.493 e. The highest BCUT2D eigenvalue weighted by molar-refractivity contribution is 8.01. The van der Waals surface area contributed by atoms with Crippen molar-refractivity contribution < 1.29 is 18.7 Å². The SMILES string of the molecule is CC(C)C1(c2ccccc2OCCCCN2CCN(C(=O)c3ccco3)CC2)Sc2ccccc2N(C)C1=O.Cl. The van der Waals surface area contributed by atoms with E-state index in [0.717, 1.165) is 54.4 Å². The molecule has 2 aromatic carbocycles. The fraction of sp³-hybridized carbons (Fsp3) is 0.419. The molecular formula is C31H38ClN3O4S. The monoisotopic (exact) mass is 583 g/mol. The summed E-state index contributed by atoms with van der Waals surface area (Å²) < 4.78 is 10.8. The van der Waals surface area contributed by atoms with E-state index in [1.807, 2.05) is 54.4 Å². The molecule has 3 aromatic rings. The number of carbonyl (C=O) groups excluding carboxylic acids is 2. The fourth-order valence-electron chi connectivity index (χ4n) is 5.49. The first-order chi connectivity index (χ1) is 18.9. The van der Waals surface area contributed by atoms with Crippen molar-refractivity contribution in [1.82, 2.24) is 9.80 Å². The Hall–Kier alpha value is -2.94. The van der Waals surface area contributed by atoms with Crippen LogP contribution in [0.25, 0.3) is 0 Å². The minimum atomic E-state index is -0.757. The topological polar surface area (TPSA) is 66.2 Å². The van der Waals surface area contributed by atoms with Gasteiger partial charge in [0.05, 0.1) is 18.6 Å². The summed E-state index contributed by atoms with van der Waals surface area (Å²) >= 11 is 1.64. The standard InChI is InChI=1S/C31H37N3O4S.ClH/c1-23(2)31(30(36)32(3)25-12-5-7-15-28(25)39-31)24-11-4-6-13-26(24)37-21-9-8-16-33-17-19-34(20-18-33)29(35)27-14-10-22-38-27;/h4-7,10-15,22-23H,8-9,16-21H2,1-3H3;1H. The molecule has 0 N–H and O–H groups in total. The number of hydrogen-bond acceptors (Lipinski definition) is 6. The molecule has 2 aliphatic heterocycles. The van der Waals surface area contributed by atoms with Crippen molar-refractivity contribution in [2.45, 2.75) is 36.3 Å². The van der Waals surface area contributed by atoms with E-state index in [9.17, 15) is 9.59 Å². The predicted octanol–water partition coefficient (Wildman–Crippen LogP) is 5.94. The van der Waals surface area contributed by atoms with Gasteiger partial charge in [-0.15, -0.1) is 24.2 Å². The Labute approximate surface area is 247 Å². The molecule has 2 amide bonds. The van der Waals surface area contributed by atoms with Crippen molar-refractivity contribution in [2.24, 2.45) is 5.92 Å². The van der Waals surface area contributed by atoms with Gasteiger partial charge < -0.3 is 19.0 Å². The molecule has 1 unspecified atom stereocenters. The van der Waals surface area contributed by atoms with Crippen LogP contribution in [0.1, 0.15) is 42.8 Å². The number of hydrogen-bond donors (Lipinski definition) is 0. The lowest BCUT2D eigenvalue weighted by atomic mass is 9.85. The molecule has 0 bridgehead atoms. The lowest BCUT2D eigenvalue weighted by Crippen LogP contribution is -2.49. The van der Waals surface area contributed by atoms with Gasteiger partial charge in [-0.3, -0.25) is 14.5 Å². The summed E-state index contributed by atoms with van der Waals surface area (Å²) in [5, 5.41) is 0. The highest BCUT2D eigenvalue weighted by Crippen LogP contribution is 2.56. The number of carbonyl (C=O) groups is 2. The molecule has 0 spiro atoms. The minimum absolute atomic E-state index is 0. The number of nitrogens with zero attached hydrogens (tertiary/aromatic N) is 3. The molecule has 1 atom stereocenters. The summed E-state index contributed by atoms with van der Waals surface area (Å²) in [6.45, 7) is 8.94. The number of likely N-dealkylation sites (N-methyl/N-ethyl adjacent to an activating group) is 1. The van der Waals surface area contributed by atoms with E-state index in [1.165, 1.54) is 6.26 Å². The zero-order valence-electron chi connectivity index (χ0n) is 23.4. The Morgan fingerprint density at radius 3 is 2.45 bits per heavy atom. The van der Waals surface area contributed by atoms with Crippen LogP contribution in [0.4, 0.5) is 5.69 Å². The smallest absolute Gasteiger partial charge is 0.289 e. The molecule has 1 saturated heterocycles. The number of furan rings is 1. The number of halogens is 1. The molecule has 0 radical (unpaired) electrons. The van der Waals surface area contributed by atoms with E-state index < -0.39 is 4.75 Å². The van der Waals surface area contributed by atoms with E-state index in [-0.39, 0.29) is 30.1 Å². The Bertz CT molecular complexity index is 1290. The van der Waals surface area contributed by atoms with E-state index in [4.69, 9.17) is 9.15 Å². The summed E-state index contributed by atoms with van der Waals surface area (Å²) in [5.41, 5.74) is 1.89. The molecule has 5 rings (SSSR count). The van der Waals surface area contributed by atoms with Gasteiger partial charge in [0.1, 0.15) is 10.5 Å². The zero-order chi connectivity index (χ0) is 27.4. The highest BCUT2D eigenvalue weighted by atomic mass is 35.5. The number of piperazine rings is 1. The number of amides is 2. The first-order valence-electron chi connectivity index (χ1n) is 13.8. The third kappa shape index (κ3) is 5.90. The van der Waals surface area contributed by atoms with E-state index in [0.29, 0.717) is 25.5 Å². The zero-order valence-corrected chi connectivity index (χ0v) is 25.0. The molecule has 1 aromatic heterocycles. The summed E-state index contributed by atoms with van der Waals surface area (Å²) in [5.74, 6) is 1.31. The number of anilines is 1. The quantitative estimate of drug-likeness (QED) is 0.291. The molecule has 0 aliphatic carbocycles. The maximum atomic E-state index is 13.9. The molecule has 1 fully saturated rings. The molecule has 3 heterocycles. The number of rotatable bonds is 9. The summed E-state index contributed by atoms with van der Waals surface area (Å²) in [7, 11) is 1.87. The van der Waals surface area contributed by atoms with Crippen LogP contribution in [0.15, 0.2) is 76.2 Å². The Balaban J connectivity index is 0.00000370. The normalized spacial score (nSPS) is 19.4. The third-order valence-electron chi connectivity index (χ3n) is 7.74. The number of para-hydroxylation sites is 2. The number of thioether (sulfide) groups is 1. The fourth-order valence-corrected chi connectivity index (χ4v) is 7.03. The van der Waals surface area contributed by atoms with Crippen molar-refractivity contribution in [2.75, 3.05) is 51.3 Å². The van der Waals surface area contributed by atoms with Gasteiger partial charge in [0.2, 0.25) is 5.91 Å². The lowest BCUT2D eigenvalue weighted by Gasteiger charge is -2.44. The Kier molecular flexibility index (Phi) is 9.87. The second-order valence-electron chi connectivity index (χ2n) is 10.5. The molecule has 40 heavy (non-hydrogen) atoms. The van der Waals surface area contributed by atoms with Gasteiger partial charge in [-0.2, -0.15) is 0 Å². The average Bonchev–Trinajstić information content (AvgIpc) is 3.50. The summed E-state index contributed by atoms with van der Waals surface area (Å²) in [4.78, 5) is 33.5. The second-order valence-corrected chi connectivity index (χ2v) is 11.8. The van der Waals surface area contributed by atoms with Gasteiger partial charge in [-0.1, -0.05) is 44.2 Å². The van der Waals surface area contributed by atoms with Crippen molar-refractivity contribution >= 4 is 41.7 Å². The van der Waals surface area contributed by atoms with Crippen LogP contribution >= 0.6 is 24.2 Å². The van der Waals surface area contributed by atoms with Crippen molar-refractivity contribution in [3.8, 4) is 5.75 Å². The van der Waals surface area contributed by atoms with Crippen molar-refractivity contribution in [1.29, 1.82) is 0 Å². The molecule has 2 aliphatic rings. The number of unbranched alkanes of at least 4 members (excludes halogenated alkanes) is 1. The Morgan fingerprint density at radius 1 is 1.00 bits per heavy atom. The van der Waals surface area contributed by atoms with Gasteiger partial charge >= 0.3 is 0 Å². The first-order valence-corrected chi connectivity index (χ1v) is 14.6. The van der Waals surface area contributed by atoms with Gasteiger partial charge in [-0.25, -0.2) is 0 Å². The highest BCUT2D eigenvalue weighted by Gasteiger charge is 2.51. The molecule has 214 valence electrons. The van der Waals surface area contributed by atoms with Crippen LogP contribution in [-0.2, 0) is 9.54 Å². The van der Waals surface area contributed by atoms with Crippen LogP contribution in [0.2, 0.25) is 0 Å². The summed E-state index contributed by atoms with van der Waals surface area (Å²) in [6, 6.07) is 19.6. The van der Waals surface area contributed by atoms with Crippen LogP contribution in [-0.4, -0.2) is 68.0 Å². The van der Waals surface area contributed by atoms with Gasteiger partial charge in [0, 0.05) is 43.7 Å².